The van der Waals surface area contributed by atoms with Gasteiger partial charge in [-0.25, -0.2) is 0 Å². The number of phenolic OH excluding ortho intramolecular Hbond substituents is 4. The largest absolute Gasteiger partial charge is 0.508 e. The van der Waals surface area contributed by atoms with Crippen LogP contribution in [0.25, 0.3) is 6.08 Å². The number of aromatic hydroxyl groups is 4. The second-order valence-corrected chi connectivity index (χ2v) is 16.7. The smallest absolute Gasteiger partial charge is 0.135 e. The van der Waals surface area contributed by atoms with E-state index in [-0.39, 0.29) is 28.9 Å². The molecule has 0 aromatic heterocycles. The van der Waals surface area contributed by atoms with Crippen molar-refractivity contribution >= 4 is 6.08 Å². The van der Waals surface area contributed by atoms with Crippen LogP contribution in [0.4, 0.5) is 0 Å². The number of benzene rings is 4. The molecule has 4 aromatic carbocycles. The Morgan fingerprint density at radius 2 is 1.22 bits per heavy atom. The third kappa shape index (κ3) is 8.49. The van der Waals surface area contributed by atoms with Crippen LogP contribution in [0.1, 0.15) is 118 Å². The van der Waals surface area contributed by atoms with Crippen LogP contribution in [0.15, 0.2) is 84.0 Å². The lowest BCUT2D eigenvalue weighted by Crippen LogP contribution is -2.36. The second-order valence-electron chi connectivity index (χ2n) is 16.7. The Balaban J connectivity index is 1.59. The molecule has 0 amide bonds. The summed E-state index contributed by atoms with van der Waals surface area (Å²) in [5, 5.41) is 44.6. The summed E-state index contributed by atoms with van der Waals surface area (Å²) in [7, 11) is 0. The molecule has 0 fully saturated rings. The van der Waals surface area contributed by atoms with Gasteiger partial charge in [0.25, 0.3) is 0 Å². The summed E-state index contributed by atoms with van der Waals surface area (Å²) in [6.07, 6.45) is 12.9. The molecule has 0 bridgehead atoms. The molecule has 6 nitrogen and oxygen atoms in total. The Morgan fingerprint density at radius 3 is 1.80 bits per heavy atom. The molecule has 2 aliphatic rings. The van der Waals surface area contributed by atoms with Crippen molar-refractivity contribution in [1.29, 1.82) is 0 Å². The van der Waals surface area contributed by atoms with Crippen LogP contribution in [-0.4, -0.2) is 31.6 Å². The summed E-state index contributed by atoms with van der Waals surface area (Å²) in [5.41, 5.74) is 9.64. The van der Waals surface area contributed by atoms with Gasteiger partial charge in [-0.15, -0.1) is 0 Å². The number of allylic oxidation sites excluding steroid dienone is 4. The first kappa shape index (κ1) is 38.6. The molecule has 6 heteroatoms. The molecule has 0 aliphatic carbocycles. The number of hydrogen-bond acceptors (Lipinski definition) is 6. The molecule has 284 valence electrons. The van der Waals surface area contributed by atoms with Crippen LogP contribution in [-0.2, 0) is 38.5 Å². The minimum Gasteiger partial charge on any atom is -0.508 e. The first-order chi connectivity index (χ1) is 25.5. The maximum Gasteiger partial charge on any atom is 0.135 e. The van der Waals surface area contributed by atoms with Crippen molar-refractivity contribution < 1.29 is 29.9 Å². The quantitative estimate of drug-likeness (QED) is 0.115. The van der Waals surface area contributed by atoms with Gasteiger partial charge in [-0.3, -0.25) is 0 Å². The number of hydrogen-bond donors (Lipinski definition) is 4. The maximum atomic E-state index is 12.6. The fourth-order valence-corrected chi connectivity index (χ4v) is 7.89. The van der Waals surface area contributed by atoms with Gasteiger partial charge in [0, 0.05) is 28.2 Å². The van der Waals surface area contributed by atoms with Crippen molar-refractivity contribution in [1.82, 2.24) is 0 Å². The Kier molecular flexibility index (Phi) is 11.0. The molecule has 2 aliphatic heterocycles. The minimum absolute atomic E-state index is 0.160. The molecule has 4 N–H and O–H groups in total. The van der Waals surface area contributed by atoms with Crippen molar-refractivity contribution in [3.05, 3.63) is 134 Å². The van der Waals surface area contributed by atoms with Gasteiger partial charge in [0.2, 0.25) is 0 Å². The Morgan fingerprint density at radius 1 is 0.667 bits per heavy atom. The Bertz CT molecular complexity index is 2100. The third-order valence-electron chi connectivity index (χ3n) is 10.6. The van der Waals surface area contributed by atoms with Gasteiger partial charge < -0.3 is 29.9 Å². The molecule has 4 aromatic rings. The number of fused-ring (bicyclic) bond motifs is 2. The van der Waals surface area contributed by atoms with Crippen molar-refractivity contribution in [2.24, 2.45) is 0 Å². The lowest BCUT2D eigenvalue weighted by Gasteiger charge is -2.41. The highest BCUT2D eigenvalue weighted by molar-refractivity contribution is 5.75. The first-order valence-corrected chi connectivity index (χ1v) is 19.2. The number of aryl methyl sites for hydroxylation is 3. The SMILES string of the molecule is CC(C)=CCc1c(CCc2ccc(O)cc2)c(C2CC(C)(C)Oc3c(CC=C(C)C)c(CCc4ccc(O)cc4)cc(O)c32)c(O)c2c1OC(C)(C)C=C2. The first-order valence-electron chi connectivity index (χ1n) is 19.2. The molecule has 0 saturated heterocycles. The monoisotopic (exact) mass is 728 g/mol. The van der Waals surface area contributed by atoms with Crippen LogP contribution in [0, 0.1) is 0 Å². The molecular formula is C48H56O6. The predicted molar refractivity (Wildman–Crippen MR) is 218 cm³/mol. The summed E-state index contributed by atoms with van der Waals surface area (Å²) < 4.78 is 13.6. The van der Waals surface area contributed by atoms with Gasteiger partial charge in [0.05, 0.1) is 5.56 Å². The van der Waals surface area contributed by atoms with E-state index >= 15 is 0 Å². The Hall–Kier alpha value is -5.10. The maximum absolute atomic E-state index is 12.6. The summed E-state index contributed by atoms with van der Waals surface area (Å²) in [5.74, 6) is 1.80. The van der Waals surface area contributed by atoms with E-state index < -0.39 is 11.2 Å². The summed E-state index contributed by atoms with van der Waals surface area (Å²) in [6, 6.07) is 16.5. The highest BCUT2D eigenvalue weighted by Crippen LogP contribution is 2.56. The van der Waals surface area contributed by atoms with Crippen molar-refractivity contribution in [2.45, 2.75) is 117 Å². The highest BCUT2D eigenvalue weighted by atomic mass is 16.5. The number of rotatable bonds is 11. The van der Waals surface area contributed by atoms with E-state index in [1.165, 1.54) is 11.1 Å². The Labute approximate surface area is 321 Å². The van der Waals surface area contributed by atoms with Crippen LogP contribution in [0.2, 0.25) is 0 Å². The lowest BCUT2D eigenvalue weighted by molar-refractivity contribution is 0.0745. The topological polar surface area (TPSA) is 99.4 Å². The normalized spacial score (nSPS) is 16.4. The standard InChI is InChI=1S/C48H56O6/c1-29(2)9-22-36-33(17-11-31-12-18-34(49)19-13-31)27-41(51)43-40(28-48(7,8)54-46(36)43)42-37(24-16-32-14-20-35(50)21-15-32)38(23-10-30(3)4)45-39(44(42)52)25-26-47(5,6)53-45/h9-10,12-15,18-21,25-27,40,49-52H,11,16-17,22-24,28H2,1-8H3. The van der Waals surface area contributed by atoms with Crippen molar-refractivity contribution in [2.75, 3.05) is 0 Å². The van der Waals surface area contributed by atoms with E-state index in [0.29, 0.717) is 61.2 Å². The number of ether oxygens (including phenoxy) is 2. The van der Waals surface area contributed by atoms with Crippen LogP contribution < -0.4 is 9.47 Å². The van der Waals surface area contributed by atoms with Crippen molar-refractivity contribution in [3.63, 3.8) is 0 Å². The third-order valence-corrected chi connectivity index (χ3v) is 10.6. The molecule has 54 heavy (non-hydrogen) atoms. The zero-order valence-corrected chi connectivity index (χ0v) is 33.1. The molecular weight excluding hydrogens is 673 g/mol. The van der Waals surface area contributed by atoms with E-state index in [0.717, 1.165) is 45.4 Å². The summed E-state index contributed by atoms with van der Waals surface area (Å²) in [4.78, 5) is 0. The average Bonchev–Trinajstić information content (AvgIpc) is 3.09. The van der Waals surface area contributed by atoms with Gasteiger partial charge in [-0.1, -0.05) is 47.6 Å². The van der Waals surface area contributed by atoms with Crippen LogP contribution in [0.3, 0.4) is 0 Å². The molecule has 0 spiro atoms. The molecule has 0 radical (unpaired) electrons. The molecule has 2 heterocycles. The van der Waals surface area contributed by atoms with Crippen LogP contribution in [0.5, 0.6) is 34.5 Å². The van der Waals surface area contributed by atoms with Gasteiger partial charge in [-0.05, 0) is 165 Å². The van der Waals surface area contributed by atoms with E-state index in [4.69, 9.17) is 9.47 Å². The van der Waals surface area contributed by atoms with E-state index in [1.54, 1.807) is 24.3 Å². The number of phenols is 4. The fourth-order valence-electron chi connectivity index (χ4n) is 7.89. The second kappa shape index (κ2) is 15.3. The van der Waals surface area contributed by atoms with Crippen LogP contribution >= 0.6 is 0 Å². The average molecular weight is 729 g/mol. The zero-order valence-electron chi connectivity index (χ0n) is 33.1. The predicted octanol–water partition coefficient (Wildman–Crippen LogP) is 11.0. The molecule has 0 saturated carbocycles. The van der Waals surface area contributed by atoms with Gasteiger partial charge in [0.15, 0.2) is 0 Å². The minimum atomic E-state index is -0.621. The van der Waals surface area contributed by atoms with Gasteiger partial charge in [-0.2, -0.15) is 0 Å². The van der Waals surface area contributed by atoms with E-state index in [9.17, 15) is 20.4 Å². The summed E-state index contributed by atoms with van der Waals surface area (Å²) in [6.45, 7) is 16.6. The van der Waals surface area contributed by atoms with E-state index in [1.807, 2.05) is 56.3 Å². The molecule has 1 atom stereocenters. The lowest BCUT2D eigenvalue weighted by atomic mass is 9.73. The molecule has 6 rings (SSSR count). The van der Waals surface area contributed by atoms with E-state index in [2.05, 4.69) is 53.7 Å². The molecule has 1 unspecified atom stereocenters. The fraction of sp³-hybridized carbons (Fsp3) is 0.375. The zero-order chi connectivity index (χ0) is 38.9. The summed E-state index contributed by atoms with van der Waals surface area (Å²) >= 11 is 0. The van der Waals surface area contributed by atoms with Gasteiger partial charge >= 0.3 is 0 Å². The van der Waals surface area contributed by atoms with Crippen molar-refractivity contribution in [3.8, 4) is 34.5 Å². The highest BCUT2D eigenvalue weighted by Gasteiger charge is 2.42. The van der Waals surface area contributed by atoms with Gasteiger partial charge in [0.1, 0.15) is 45.7 Å².